The standard InChI is InChI=1S/C18H13NO6S2/c20-19(21)12-7-10(17-15-13(8-26-17)22-3-5-24-15)1-2-11(12)18-16-14(9-27-18)23-4-6-25-16/h1-2,7-9H,3-6H2. The van der Waals surface area contributed by atoms with Crippen molar-refractivity contribution in [3.05, 3.63) is 39.1 Å². The van der Waals surface area contributed by atoms with Crippen molar-refractivity contribution in [3.8, 4) is 43.9 Å². The number of benzene rings is 1. The summed E-state index contributed by atoms with van der Waals surface area (Å²) in [6, 6.07) is 5.20. The van der Waals surface area contributed by atoms with E-state index in [0.717, 1.165) is 10.4 Å². The Morgan fingerprint density at radius 1 is 0.852 bits per heavy atom. The van der Waals surface area contributed by atoms with Gasteiger partial charge in [-0.3, -0.25) is 10.1 Å². The number of hydrogen-bond donors (Lipinski definition) is 0. The molecule has 0 amide bonds. The van der Waals surface area contributed by atoms with Gasteiger partial charge in [-0.15, -0.1) is 22.7 Å². The third kappa shape index (κ3) is 2.70. The lowest BCUT2D eigenvalue weighted by Gasteiger charge is -2.17. The first-order chi connectivity index (χ1) is 13.2. The fourth-order valence-electron chi connectivity index (χ4n) is 3.13. The Morgan fingerprint density at radius 2 is 1.44 bits per heavy atom. The van der Waals surface area contributed by atoms with E-state index in [4.69, 9.17) is 18.9 Å². The van der Waals surface area contributed by atoms with Crippen LogP contribution in [0.25, 0.3) is 20.9 Å². The summed E-state index contributed by atoms with van der Waals surface area (Å²) >= 11 is 2.83. The summed E-state index contributed by atoms with van der Waals surface area (Å²) < 4.78 is 22.5. The number of nitrogens with zero attached hydrogens (tertiary/aromatic N) is 1. The van der Waals surface area contributed by atoms with Crippen LogP contribution in [0.4, 0.5) is 5.69 Å². The highest BCUT2D eigenvalue weighted by Crippen LogP contribution is 2.50. The van der Waals surface area contributed by atoms with Gasteiger partial charge in [-0.2, -0.15) is 0 Å². The third-order valence-electron chi connectivity index (χ3n) is 4.30. The summed E-state index contributed by atoms with van der Waals surface area (Å²) in [5.41, 5.74) is 1.26. The number of nitro groups is 1. The Morgan fingerprint density at radius 3 is 2.11 bits per heavy atom. The number of rotatable bonds is 3. The van der Waals surface area contributed by atoms with Crippen LogP contribution >= 0.6 is 22.7 Å². The van der Waals surface area contributed by atoms with Crippen LogP contribution in [0.2, 0.25) is 0 Å². The lowest BCUT2D eigenvalue weighted by Crippen LogP contribution is -2.14. The van der Waals surface area contributed by atoms with Crippen molar-refractivity contribution in [2.45, 2.75) is 0 Å². The summed E-state index contributed by atoms with van der Waals surface area (Å²) in [7, 11) is 0. The lowest BCUT2D eigenvalue weighted by atomic mass is 10.1. The number of nitro benzene ring substituents is 1. The smallest absolute Gasteiger partial charge is 0.278 e. The van der Waals surface area contributed by atoms with Gasteiger partial charge in [-0.25, -0.2) is 0 Å². The molecule has 0 saturated carbocycles. The van der Waals surface area contributed by atoms with Crippen molar-refractivity contribution in [2.24, 2.45) is 0 Å². The number of hydrogen-bond acceptors (Lipinski definition) is 8. The summed E-state index contributed by atoms with van der Waals surface area (Å²) in [6.45, 7) is 1.89. The SMILES string of the molecule is O=[N+]([O-])c1cc(-c2scc3c2OCCO3)ccc1-c1scc2c1OCCO2. The fourth-order valence-corrected chi connectivity index (χ4v) is 5.02. The molecule has 2 aliphatic rings. The van der Waals surface area contributed by atoms with Crippen LogP contribution in [0.15, 0.2) is 29.0 Å². The van der Waals surface area contributed by atoms with E-state index in [1.54, 1.807) is 12.1 Å². The van der Waals surface area contributed by atoms with Gasteiger partial charge in [0, 0.05) is 22.4 Å². The van der Waals surface area contributed by atoms with E-state index in [1.807, 2.05) is 16.8 Å². The molecular formula is C18H13NO6S2. The molecule has 0 saturated heterocycles. The maximum absolute atomic E-state index is 11.8. The molecule has 2 aliphatic heterocycles. The fraction of sp³-hybridized carbons (Fsp3) is 0.222. The predicted octanol–water partition coefficient (Wildman–Crippen LogP) is 4.59. The number of fused-ring (bicyclic) bond motifs is 2. The molecule has 0 radical (unpaired) electrons. The maximum Gasteiger partial charge on any atom is 0.278 e. The van der Waals surface area contributed by atoms with Crippen molar-refractivity contribution in [1.29, 1.82) is 0 Å². The maximum atomic E-state index is 11.8. The van der Waals surface area contributed by atoms with E-state index in [0.29, 0.717) is 59.9 Å². The van der Waals surface area contributed by atoms with E-state index in [2.05, 4.69) is 0 Å². The molecule has 0 fully saturated rings. The summed E-state index contributed by atoms with van der Waals surface area (Å²) in [4.78, 5) is 12.9. The first-order valence-electron chi connectivity index (χ1n) is 8.25. The summed E-state index contributed by atoms with van der Waals surface area (Å²) in [5, 5.41) is 15.5. The molecule has 0 N–H and O–H groups in total. The van der Waals surface area contributed by atoms with Gasteiger partial charge < -0.3 is 18.9 Å². The zero-order valence-corrected chi connectivity index (χ0v) is 15.6. The first-order valence-corrected chi connectivity index (χ1v) is 10.0. The minimum atomic E-state index is -0.369. The van der Waals surface area contributed by atoms with Crippen LogP contribution in [0.3, 0.4) is 0 Å². The van der Waals surface area contributed by atoms with Crippen LogP contribution in [0, 0.1) is 10.1 Å². The van der Waals surface area contributed by atoms with E-state index >= 15 is 0 Å². The zero-order valence-electron chi connectivity index (χ0n) is 13.9. The average molecular weight is 403 g/mol. The Bertz CT molecular complexity index is 1040. The molecule has 4 heterocycles. The van der Waals surface area contributed by atoms with Gasteiger partial charge in [-0.1, -0.05) is 6.07 Å². The minimum absolute atomic E-state index is 0.0187. The summed E-state index contributed by atoms with van der Waals surface area (Å²) in [5.74, 6) is 2.55. The van der Waals surface area contributed by atoms with E-state index in [9.17, 15) is 10.1 Å². The van der Waals surface area contributed by atoms with Gasteiger partial charge in [0.25, 0.3) is 5.69 Å². The molecule has 0 unspecified atom stereocenters. The second-order valence-electron chi connectivity index (χ2n) is 5.90. The van der Waals surface area contributed by atoms with Gasteiger partial charge in [0.2, 0.25) is 0 Å². The van der Waals surface area contributed by atoms with Crippen LogP contribution in [-0.4, -0.2) is 31.4 Å². The van der Waals surface area contributed by atoms with Crippen molar-refractivity contribution >= 4 is 28.4 Å². The predicted molar refractivity (Wildman–Crippen MR) is 102 cm³/mol. The van der Waals surface area contributed by atoms with E-state index in [-0.39, 0.29) is 10.6 Å². The molecular weight excluding hydrogens is 390 g/mol. The molecule has 7 nitrogen and oxygen atoms in total. The van der Waals surface area contributed by atoms with Gasteiger partial charge in [0.1, 0.15) is 26.4 Å². The Balaban J connectivity index is 1.62. The van der Waals surface area contributed by atoms with Gasteiger partial charge in [0.05, 0.1) is 20.2 Å². The minimum Gasteiger partial charge on any atom is -0.485 e. The highest BCUT2D eigenvalue weighted by molar-refractivity contribution is 7.14. The Hall–Kier alpha value is -2.78. The van der Waals surface area contributed by atoms with Crippen LogP contribution < -0.4 is 18.9 Å². The van der Waals surface area contributed by atoms with Gasteiger partial charge >= 0.3 is 0 Å². The van der Waals surface area contributed by atoms with Crippen molar-refractivity contribution in [2.75, 3.05) is 26.4 Å². The number of thiophene rings is 2. The molecule has 138 valence electrons. The molecule has 5 rings (SSSR count). The molecule has 0 aliphatic carbocycles. The average Bonchev–Trinajstić information content (AvgIpc) is 3.32. The second-order valence-corrected chi connectivity index (χ2v) is 7.66. The van der Waals surface area contributed by atoms with Gasteiger partial charge in [0.15, 0.2) is 23.0 Å². The molecule has 0 atom stereocenters. The van der Waals surface area contributed by atoms with Crippen LogP contribution in [0.1, 0.15) is 0 Å². The Kier molecular flexibility index (Phi) is 3.91. The van der Waals surface area contributed by atoms with Gasteiger partial charge in [-0.05, 0) is 6.07 Å². The number of ether oxygens (including phenoxy) is 4. The molecule has 9 heteroatoms. The van der Waals surface area contributed by atoms with E-state index in [1.165, 1.54) is 22.7 Å². The highest BCUT2D eigenvalue weighted by Gasteiger charge is 2.27. The normalized spacial score (nSPS) is 14.8. The van der Waals surface area contributed by atoms with Crippen molar-refractivity contribution in [1.82, 2.24) is 0 Å². The molecule has 3 aromatic rings. The second kappa shape index (κ2) is 6.43. The monoisotopic (exact) mass is 403 g/mol. The molecule has 1 aromatic carbocycles. The topological polar surface area (TPSA) is 80.1 Å². The Labute approximate surface area is 161 Å². The van der Waals surface area contributed by atoms with Crippen LogP contribution in [0.5, 0.6) is 23.0 Å². The van der Waals surface area contributed by atoms with E-state index < -0.39 is 0 Å². The lowest BCUT2D eigenvalue weighted by molar-refractivity contribution is -0.384. The van der Waals surface area contributed by atoms with Crippen molar-refractivity contribution < 1.29 is 23.9 Å². The third-order valence-corrected chi connectivity index (χ3v) is 6.27. The molecule has 0 bridgehead atoms. The van der Waals surface area contributed by atoms with Crippen LogP contribution in [-0.2, 0) is 0 Å². The van der Waals surface area contributed by atoms with Crippen molar-refractivity contribution in [3.63, 3.8) is 0 Å². The zero-order chi connectivity index (χ0) is 18.4. The molecule has 0 spiro atoms. The first kappa shape index (κ1) is 16.4. The quantitative estimate of drug-likeness (QED) is 0.470. The summed E-state index contributed by atoms with van der Waals surface area (Å²) in [6.07, 6.45) is 0. The largest absolute Gasteiger partial charge is 0.485 e. The highest BCUT2D eigenvalue weighted by atomic mass is 32.1. The molecule has 2 aromatic heterocycles. The molecule has 27 heavy (non-hydrogen) atoms.